The summed E-state index contributed by atoms with van der Waals surface area (Å²) in [6.07, 6.45) is 0. The van der Waals surface area contributed by atoms with Crippen molar-refractivity contribution >= 4 is 96.0 Å². The van der Waals surface area contributed by atoms with Crippen molar-refractivity contribution in [3.05, 3.63) is 0 Å². The van der Waals surface area contributed by atoms with Crippen molar-refractivity contribution in [2.75, 3.05) is 64.5 Å². The molecule has 1 aliphatic heterocycles. The van der Waals surface area contributed by atoms with E-state index in [9.17, 15) is 0 Å². The van der Waals surface area contributed by atoms with E-state index in [4.69, 9.17) is 34.8 Å². The van der Waals surface area contributed by atoms with Gasteiger partial charge in [0.1, 0.15) is 13.1 Å². The molecule has 0 radical (unpaired) electrons. The van der Waals surface area contributed by atoms with Gasteiger partial charge < -0.3 is 9.38 Å². The first-order valence-corrected chi connectivity index (χ1v) is 13.3. The molecule has 1 fully saturated rings. The fourth-order valence-corrected chi connectivity index (χ4v) is 1.98. The zero-order valence-electron chi connectivity index (χ0n) is 10.8. The van der Waals surface area contributed by atoms with Gasteiger partial charge in [0.2, 0.25) is 0 Å². The highest BCUT2D eigenvalue weighted by atomic mass is 128. The van der Waals surface area contributed by atoms with Crippen LogP contribution in [0.2, 0.25) is 0 Å². The molecule has 0 aromatic rings. The van der Waals surface area contributed by atoms with Crippen LogP contribution in [0.15, 0.2) is 0 Å². The highest BCUT2D eigenvalue weighted by Gasteiger charge is 2.35. The van der Waals surface area contributed by atoms with E-state index in [-0.39, 0.29) is 31.4 Å². The molecule has 1 saturated heterocycles. The maximum Gasteiger partial charge on any atom is 0.128 e. The van der Waals surface area contributed by atoms with Crippen LogP contribution < -0.4 is 0 Å². The lowest BCUT2D eigenvalue weighted by Crippen LogP contribution is -2.22. The number of quaternary nitrogens is 1. The molecule has 0 bridgehead atoms. The largest absolute Gasteiger partial charge is 0.316 e. The summed E-state index contributed by atoms with van der Waals surface area (Å²) < 4.78 is 1.21. The van der Waals surface area contributed by atoms with E-state index in [1.807, 2.05) is 7.05 Å². The summed E-state index contributed by atoms with van der Waals surface area (Å²) in [5.74, 6) is 2.19. The molecule has 8 heteroatoms. The number of hydrogen-bond donors (Lipinski definition) is 0. The Bertz CT molecular complexity index is 158. The van der Waals surface area contributed by atoms with Crippen molar-refractivity contribution in [2.45, 2.75) is 7.43 Å². The molecule has 0 amide bonds. The SMILES string of the molecule is C.CN(CCCl)CCCl.C[N+]1(CCCl)CC1.I.II. The third-order valence-corrected chi connectivity index (χ3v) is 3.05. The van der Waals surface area contributed by atoms with Crippen LogP contribution in [-0.2, 0) is 0 Å². The van der Waals surface area contributed by atoms with Crippen LogP contribution in [0.1, 0.15) is 7.43 Å². The molecule has 0 aromatic carbocycles. The molecule has 19 heavy (non-hydrogen) atoms. The normalized spacial score (nSPS) is 13.9. The van der Waals surface area contributed by atoms with Crippen LogP contribution in [0.4, 0.5) is 0 Å². The first-order valence-electron chi connectivity index (χ1n) is 5.42. The fraction of sp³-hybridized carbons (Fsp3) is 1.00. The van der Waals surface area contributed by atoms with Crippen LogP contribution in [0, 0.1) is 0 Å². The van der Waals surface area contributed by atoms with E-state index in [2.05, 4.69) is 49.2 Å². The van der Waals surface area contributed by atoms with Crippen LogP contribution in [0.3, 0.4) is 0 Å². The van der Waals surface area contributed by atoms with Gasteiger partial charge in [-0.2, -0.15) is 0 Å². The maximum atomic E-state index is 5.51. The smallest absolute Gasteiger partial charge is 0.128 e. The van der Waals surface area contributed by atoms with E-state index in [0.717, 1.165) is 25.5 Å². The third-order valence-electron chi connectivity index (χ3n) is 2.54. The summed E-state index contributed by atoms with van der Waals surface area (Å²) in [6, 6.07) is 0. The van der Waals surface area contributed by atoms with Gasteiger partial charge in [-0.25, -0.2) is 0 Å². The highest BCUT2D eigenvalue weighted by Crippen LogP contribution is 2.15. The highest BCUT2D eigenvalue weighted by molar-refractivity contribution is 15.0. The minimum Gasteiger partial charge on any atom is -0.316 e. The quantitative estimate of drug-likeness (QED) is 0.164. The maximum absolute atomic E-state index is 5.51. The van der Waals surface area contributed by atoms with Gasteiger partial charge in [0.15, 0.2) is 0 Å². The lowest BCUT2D eigenvalue weighted by molar-refractivity contribution is -0.774. The molecule has 0 aliphatic carbocycles. The monoisotopic (exact) mass is 673 g/mol. The second kappa shape index (κ2) is 21.0. The lowest BCUT2D eigenvalue weighted by atomic mass is 10.6. The van der Waals surface area contributed by atoms with Crippen molar-refractivity contribution in [2.24, 2.45) is 0 Å². The molecule has 0 unspecified atom stereocenters. The van der Waals surface area contributed by atoms with Crippen molar-refractivity contribution in [1.29, 1.82) is 0 Å². The molecule has 1 heterocycles. The Morgan fingerprint density at radius 2 is 1.37 bits per heavy atom. The second-order valence-electron chi connectivity index (χ2n) is 4.16. The number of alkyl halides is 3. The van der Waals surface area contributed by atoms with Crippen LogP contribution in [-0.4, -0.2) is 73.8 Å². The molecule has 1 aliphatic rings. The zero-order chi connectivity index (χ0) is 13.7. The first kappa shape index (κ1) is 29.9. The van der Waals surface area contributed by atoms with Gasteiger partial charge in [-0.3, -0.25) is 0 Å². The molecule has 0 atom stereocenters. The third kappa shape index (κ3) is 23.4. The average molecular weight is 674 g/mol. The van der Waals surface area contributed by atoms with Crippen molar-refractivity contribution < 1.29 is 4.48 Å². The minimum absolute atomic E-state index is 0. The topological polar surface area (TPSA) is 3.24 Å². The van der Waals surface area contributed by atoms with Crippen LogP contribution in [0.25, 0.3) is 0 Å². The molecule has 1 rings (SSSR count). The average Bonchev–Trinajstić information content (AvgIpc) is 3.01. The summed E-state index contributed by atoms with van der Waals surface area (Å²) in [5.41, 5.74) is 0. The van der Waals surface area contributed by atoms with Gasteiger partial charge in [-0.15, -0.1) is 58.8 Å². The number of halogens is 6. The Morgan fingerprint density at radius 3 is 1.53 bits per heavy atom. The number of likely N-dealkylation sites (N-methyl/N-ethyl adjacent to an activating group) is 1. The molecule has 0 aromatic heterocycles. The number of rotatable bonds is 6. The van der Waals surface area contributed by atoms with Crippen LogP contribution >= 0.6 is 96.0 Å². The van der Waals surface area contributed by atoms with E-state index in [0.29, 0.717) is 11.8 Å². The Kier molecular flexibility index (Phi) is 33.0. The standard InChI is InChI=1S/C5H11Cl2N.C5H11ClN.CH4.I2.HI/c1-8(4-2-6)5-3-7;1-7(3-2-6)4-5-7;;1-2;/h2-5H2,1H3;2-5H2,1H3;1H4;;1H/q;+1;;;. The first-order chi connectivity index (χ1) is 8.08. The Labute approximate surface area is 175 Å². The predicted molar refractivity (Wildman–Crippen MR) is 121 cm³/mol. The zero-order valence-corrected chi connectivity index (χ0v) is 19.8. The van der Waals surface area contributed by atoms with E-state index < -0.39 is 0 Å². The van der Waals surface area contributed by atoms with Gasteiger partial charge in [0.05, 0.1) is 19.5 Å². The van der Waals surface area contributed by atoms with Crippen LogP contribution in [0.5, 0.6) is 0 Å². The molecule has 0 N–H and O–H groups in total. The molecule has 0 saturated carbocycles. The summed E-state index contributed by atoms with van der Waals surface area (Å²) >= 11 is 20.6. The summed E-state index contributed by atoms with van der Waals surface area (Å²) in [4.78, 5) is 2.10. The summed E-state index contributed by atoms with van der Waals surface area (Å²) in [6.45, 7) is 5.68. The van der Waals surface area contributed by atoms with Crippen molar-refractivity contribution in [3.8, 4) is 0 Å². The fourth-order valence-electron chi connectivity index (χ4n) is 0.999. The van der Waals surface area contributed by atoms with E-state index >= 15 is 0 Å². The van der Waals surface area contributed by atoms with Gasteiger partial charge in [-0.05, 0) is 7.05 Å². The van der Waals surface area contributed by atoms with E-state index in [1.54, 1.807) is 0 Å². The molecule has 2 nitrogen and oxygen atoms in total. The Hall–Kier alpha value is 2.98. The van der Waals surface area contributed by atoms with E-state index in [1.165, 1.54) is 17.6 Å². The lowest BCUT2D eigenvalue weighted by Gasteiger charge is -2.11. The molecule has 122 valence electrons. The van der Waals surface area contributed by atoms with Gasteiger partial charge in [-0.1, -0.05) is 7.43 Å². The van der Waals surface area contributed by atoms with Crippen molar-refractivity contribution in [1.82, 2.24) is 4.90 Å². The van der Waals surface area contributed by atoms with Gasteiger partial charge in [0.25, 0.3) is 0 Å². The van der Waals surface area contributed by atoms with Gasteiger partial charge >= 0.3 is 0 Å². The second-order valence-corrected chi connectivity index (χ2v) is 5.29. The molecular weight excluding hydrogens is 647 g/mol. The predicted octanol–water partition coefficient (Wildman–Crippen LogP) is 5.11. The number of hydrogen-bond acceptors (Lipinski definition) is 1. The minimum atomic E-state index is 0. The molecular formula is C11H27Cl3I3N2+. The summed E-state index contributed by atoms with van der Waals surface area (Å²) in [7, 11) is 4.24. The number of nitrogens with zero attached hydrogens (tertiary/aromatic N) is 2. The van der Waals surface area contributed by atoms with Crippen molar-refractivity contribution in [3.63, 3.8) is 0 Å². The van der Waals surface area contributed by atoms with Gasteiger partial charge in [0, 0.05) is 62.1 Å². The Morgan fingerprint density at radius 1 is 1.00 bits per heavy atom. The Balaban J connectivity index is -0.0000000959. The molecule has 0 spiro atoms. The summed E-state index contributed by atoms with van der Waals surface area (Å²) in [5, 5.41) is 0.